The fourth-order valence-corrected chi connectivity index (χ4v) is 2.79. The highest BCUT2D eigenvalue weighted by Gasteiger charge is 2.20. The predicted octanol–water partition coefficient (Wildman–Crippen LogP) is 3.13. The number of aromatic nitrogens is 2. The molecule has 1 saturated heterocycles. The first kappa shape index (κ1) is 12.6. The Bertz CT molecular complexity index is 576. The van der Waals surface area contributed by atoms with E-state index in [1.807, 2.05) is 10.8 Å². The maximum Gasteiger partial charge on any atom is 0.125 e. The van der Waals surface area contributed by atoms with E-state index in [2.05, 4.69) is 10.3 Å². The van der Waals surface area contributed by atoms with Crippen LogP contribution in [-0.2, 0) is 0 Å². The SMILES string of the molecule is Fc1ccc(Cl)c(-n2cncc2C2CCCNC2)c1. The largest absolute Gasteiger partial charge is 0.316 e. The third kappa shape index (κ3) is 2.51. The van der Waals surface area contributed by atoms with Crippen molar-refractivity contribution in [3.05, 3.63) is 47.3 Å². The monoisotopic (exact) mass is 279 g/mol. The van der Waals surface area contributed by atoms with Gasteiger partial charge in [0, 0.05) is 24.4 Å². The van der Waals surface area contributed by atoms with Gasteiger partial charge < -0.3 is 9.88 Å². The van der Waals surface area contributed by atoms with Gasteiger partial charge in [0.2, 0.25) is 0 Å². The van der Waals surface area contributed by atoms with Crippen LogP contribution in [0, 0.1) is 5.82 Å². The van der Waals surface area contributed by atoms with Crippen LogP contribution < -0.4 is 5.32 Å². The summed E-state index contributed by atoms with van der Waals surface area (Å²) in [4.78, 5) is 4.20. The standard InChI is InChI=1S/C14H15ClFN3/c15-12-4-3-11(16)6-13(12)19-9-18-8-14(19)10-2-1-5-17-7-10/h3-4,6,8-10,17H,1-2,5,7H2. The van der Waals surface area contributed by atoms with Gasteiger partial charge >= 0.3 is 0 Å². The molecular formula is C14H15ClFN3. The lowest BCUT2D eigenvalue weighted by Gasteiger charge is -2.24. The summed E-state index contributed by atoms with van der Waals surface area (Å²) in [6, 6.07) is 4.39. The van der Waals surface area contributed by atoms with Crippen molar-refractivity contribution < 1.29 is 4.39 Å². The second-order valence-electron chi connectivity index (χ2n) is 4.83. The Labute approximate surface area is 116 Å². The summed E-state index contributed by atoms with van der Waals surface area (Å²) in [7, 11) is 0. The molecule has 2 aromatic rings. The van der Waals surface area contributed by atoms with Crippen LogP contribution in [0.15, 0.2) is 30.7 Å². The molecule has 0 saturated carbocycles. The first-order valence-corrected chi connectivity index (χ1v) is 6.82. The molecule has 1 atom stereocenters. The molecule has 5 heteroatoms. The van der Waals surface area contributed by atoms with Crippen molar-refractivity contribution in [3.63, 3.8) is 0 Å². The van der Waals surface area contributed by atoms with Gasteiger partial charge in [0.15, 0.2) is 0 Å². The summed E-state index contributed by atoms with van der Waals surface area (Å²) in [5.74, 6) is 0.108. The molecule has 1 aliphatic heterocycles. The zero-order chi connectivity index (χ0) is 13.2. The van der Waals surface area contributed by atoms with Gasteiger partial charge in [0.25, 0.3) is 0 Å². The summed E-state index contributed by atoms with van der Waals surface area (Å²) in [5.41, 5.74) is 1.74. The smallest absolute Gasteiger partial charge is 0.125 e. The van der Waals surface area contributed by atoms with Gasteiger partial charge in [-0.25, -0.2) is 9.37 Å². The van der Waals surface area contributed by atoms with E-state index >= 15 is 0 Å². The van der Waals surface area contributed by atoms with Crippen molar-refractivity contribution in [1.29, 1.82) is 0 Å². The van der Waals surface area contributed by atoms with Crippen LogP contribution in [0.3, 0.4) is 0 Å². The van der Waals surface area contributed by atoms with Crippen LogP contribution in [0.4, 0.5) is 4.39 Å². The first-order chi connectivity index (χ1) is 9.25. The highest BCUT2D eigenvalue weighted by atomic mass is 35.5. The Morgan fingerprint density at radius 3 is 3.11 bits per heavy atom. The molecule has 1 N–H and O–H groups in total. The van der Waals surface area contributed by atoms with Crippen LogP contribution >= 0.6 is 11.6 Å². The number of imidazole rings is 1. The van der Waals surface area contributed by atoms with E-state index < -0.39 is 0 Å². The molecule has 2 heterocycles. The van der Waals surface area contributed by atoms with E-state index in [1.165, 1.54) is 12.1 Å². The van der Waals surface area contributed by atoms with E-state index in [4.69, 9.17) is 11.6 Å². The predicted molar refractivity (Wildman–Crippen MR) is 73.4 cm³/mol. The summed E-state index contributed by atoms with van der Waals surface area (Å²) >= 11 is 6.17. The molecule has 3 rings (SSSR count). The average Bonchev–Trinajstić information content (AvgIpc) is 2.91. The number of hydrogen-bond donors (Lipinski definition) is 1. The minimum atomic E-state index is -0.291. The Morgan fingerprint density at radius 2 is 2.32 bits per heavy atom. The lowest BCUT2D eigenvalue weighted by molar-refractivity contribution is 0.451. The van der Waals surface area contributed by atoms with E-state index in [9.17, 15) is 4.39 Å². The van der Waals surface area contributed by atoms with Crippen LogP contribution in [-0.4, -0.2) is 22.6 Å². The molecule has 0 bridgehead atoms. The Balaban J connectivity index is 2.01. The molecule has 1 unspecified atom stereocenters. The van der Waals surface area contributed by atoms with E-state index in [1.54, 1.807) is 12.4 Å². The van der Waals surface area contributed by atoms with Crippen molar-refractivity contribution in [2.75, 3.05) is 13.1 Å². The minimum absolute atomic E-state index is 0.291. The molecule has 19 heavy (non-hydrogen) atoms. The first-order valence-electron chi connectivity index (χ1n) is 6.44. The molecule has 0 amide bonds. The Kier molecular flexibility index (Phi) is 3.53. The maximum absolute atomic E-state index is 13.4. The lowest BCUT2D eigenvalue weighted by atomic mass is 9.96. The third-order valence-corrected chi connectivity index (χ3v) is 3.87. The summed E-state index contributed by atoms with van der Waals surface area (Å²) in [6.45, 7) is 1.99. The molecule has 1 aromatic carbocycles. The Hall–Kier alpha value is -1.39. The van der Waals surface area contributed by atoms with Crippen molar-refractivity contribution >= 4 is 11.6 Å². The van der Waals surface area contributed by atoms with Crippen molar-refractivity contribution in [2.24, 2.45) is 0 Å². The molecule has 0 aliphatic carbocycles. The number of hydrogen-bond acceptors (Lipinski definition) is 2. The molecule has 1 fully saturated rings. The summed E-state index contributed by atoms with van der Waals surface area (Å²) in [6.07, 6.45) is 5.81. The van der Waals surface area contributed by atoms with Crippen molar-refractivity contribution in [2.45, 2.75) is 18.8 Å². The number of piperidine rings is 1. The number of nitrogens with zero attached hydrogens (tertiary/aromatic N) is 2. The average molecular weight is 280 g/mol. The highest BCUT2D eigenvalue weighted by molar-refractivity contribution is 6.32. The van der Waals surface area contributed by atoms with E-state index in [0.29, 0.717) is 16.6 Å². The third-order valence-electron chi connectivity index (χ3n) is 3.55. The van der Waals surface area contributed by atoms with Crippen LogP contribution in [0.2, 0.25) is 5.02 Å². The normalized spacial score (nSPS) is 19.6. The van der Waals surface area contributed by atoms with E-state index in [0.717, 1.165) is 31.6 Å². The molecular weight excluding hydrogens is 265 g/mol. The molecule has 1 aliphatic rings. The van der Waals surface area contributed by atoms with Crippen LogP contribution in [0.1, 0.15) is 24.5 Å². The molecule has 1 aromatic heterocycles. The quantitative estimate of drug-likeness (QED) is 0.915. The topological polar surface area (TPSA) is 29.9 Å². The summed E-state index contributed by atoms with van der Waals surface area (Å²) < 4.78 is 15.3. The van der Waals surface area contributed by atoms with Gasteiger partial charge in [-0.05, 0) is 37.6 Å². The summed E-state index contributed by atoms with van der Waals surface area (Å²) in [5, 5.41) is 3.91. The molecule has 0 spiro atoms. The van der Waals surface area contributed by atoms with Crippen LogP contribution in [0.5, 0.6) is 0 Å². The Morgan fingerprint density at radius 1 is 1.42 bits per heavy atom. The molecule has 100 valence electrons. The molecule has 3 nitrogen and oxygen atoms in total. The number of nitrogens with one attached hydrogen (secondary N) is 1. The van der Waals surface area contributed by atoms with Gasteiger partial charge in [-0.15, -0.1) is 0 Å². The number of rotatable bonds is 2. The lowest BCUT2D eigenvalue weighted by Crippen LogP contribution is -2.29. The highest BCUT2D eigenvalue weighted by Crippen LogP contribution is 2.28. The molecule has 0 radical (unpaired) electrons. The van der Waals surface area contributed by atoms with Gasteiger partial charge in [-0.2, -0.15) is 0 Å². The van der Waals surface area contributed by atoms with Gasteiger partial charge in [-0.3, -0.25) is 0 Å². The minimum Gasteiger partial charge on any atom is -0.316 e. The fraction of sp³-hybridized carbons (Fsp3) is 0.357. The van der Waals surface area contributed by atoms with Crippen molar-refractivity contribution in [3.8, 4) is 5.69 Å². The van der Waals surface area contributed by atoms with Gasteiger partial charge in [0.05, 0.1) is 17.0 Å². The zero-order valence-electron chi connectivity index (χ0n) is 10.4. The zero-order valence-corrected chi connectivity index (χ0v) is 11.2. The van der Waals surface area contributed by atoms with Gasteiger partial charge in [0.1, 0.15) is 5.82 Å². The second kappa shape index (κ2) is 5.31. The number of halogens is 2. The van der Waals surface area contributed by atoms with E-state index in [-0.39, 0.29) is 5.82 Å². The van der Waals surface area contributed by atoms with Crippen LogP contribution in [0.25, 0.3) is 5.69 Å². The van der Waals surface area contributed by atoms with Crippen molar-refractivity contribution in [1.82, 2.24) is 14.9 Å². The number of benzene rings is 1. The van der Waals surface area contributed by atoms with Gasteiger partial charge in [-0.1, -0.05) is 11.6 Å². The fourth-order valence-electron chi connectivity index (χ4n) is 2.58. The second-order valence-corrected chi connectivity index (χ2v) is 5.23. The maximum atomic E-state index is 13.4.